The van der Waals surface area contributed by atoms with E-state index in [1.165, 1.54) is 5.39 Å². The van der Waals surface area contributed by atoms with Gasteiger partial charge in [0.05, 0.1) is 17.9 Å². The van der Waals surface area contributed by atoms with Crippen LogP contribution in [-0.4, -0.2) is 11.7 Å². The van der Waals surface area contributed by atoms with Gasteiger partial charge in [-0.15, -0.1) is 0 Å². The molecule has 0 radical (unpaired) electrons. The minimum atomic E-state index is 0.776. The highest BCUT2D eigenvalue weighted by atomic mass is 15.2. The van der Waals surface area contributed by atoms with E-state index in [1.54, 1.807) is 0 Å². The lowest BCUT2D eigenvalue weighted by Gasteiger charge is -2.00. The molecule has 0 atom stereocenters. The molecule has 0 amide bonds. The highest BCUT2D eigenvalue weighted by Gasteiger charge is 2.10. The molecule has 0 saturated heterocycles. The molecule has 3 heteroatoms. The molecule has 13 heavy (non-hydrogen) atoms. The van der Waals surface area contributed by atoms with Gasteiger partial charge in [-0.3, -0.25) is 0 Å². The fraction of sp³-hybridized carbons (Fsp3) is 0.100. The van der Waals surface area contributed by atoms with Gasteiger partial charge in [-0.25, -0.2) is 4.98 Å². The van der Waals surface area contributed by atoms with Crippen LogP contribution in [-0.2, 0) is 0 Å². The summed E-state index contributed by atoms with van der Waals surface area (Å²) < 4.78 is 0. The van der Waals surface area contributed by atoms with E-state index in [0.29, 0.717) is 0 Å². The number of aromatic nitrogens is 1. The average Bonchev–Trinajstić information content (AvgIpc) is 2.61. The molecule has 0 bridgehead atoms. The molecule has 0 fully saturated rings. The van der Waals surface area contributed by atoms with Crippen LogP contribution >= 0.6 is 0 Å². The van der Waals surface area contributed by atoms with E-state index in [1.807, 2.05) is 18.2 Å². The summed E-state index contributed by atoms with van der Waals surface area (Å²) in [7, 11) is 0. The van der Waals surface area contributed by atoms with Crippen LogP contribution in [0.25, 0.3) is 10.9 Å². The standard InChI is InChI=1S/C10H9N3/c1-2-4-8-7(3-1)5-9-10(13-8)12-6-11-9/h1-5,11H,6H2,(H,12,13). The van der Waals surface area contributed by atoms with Crippen molar-refractivity contribution in [2.24, 2.45) is 0 Å². The minimum absolute atomic E-state index is 0.776. The van der Waals surface area contributed by atoms with Crippen molar-refractivity contribution in [1.82, 2.24) is 4.98 Å². The molecule has 1 aromatic heterocycles. The van der Waals surface area contributed by atoms with Crippen molar-refractivity contribution in [2.45, 2.75) is 0 Å². The van der Waals surface area contributed by atoms with Gasteiger partial charge >= 0.3 is 0 Å². The first-order valence-electron chi connectivity index (χ1n) is 4.31. The van der Waals surface area contributed by atoms with Crippen molar-refractivity contribution in [1.29, 1.82) is 0 Å². The zero-order valence-corrected chi connectivity index (χ0v) is 7.04. The maximum absolute atomic E-state index is 4.48. The predicted octanol–water partition coefficient (Wildman–Crippen LogP) is 2.03. The molecule has 2 heterocycles. The predicted molar refractivity (Wildman–Crippen MR) is 53.9 cm³/mol. The van der Waals surface area contributed by atoms with E-state index >= 15 is 0 Å². The number of pyridine rings is 1. The van der Waals surface area contributed by atoms with Crippen LogP contribution in [0.3, 0.4) is 0 Å². The first-order valence-corrected chi connectivity index (χ1v) is 4.31. The maximum Gasteiger partial charge on any atom is 0.151 e. The summed E-state index contributed by atoms with van der Waals surface area (Å²) in [6.45, 7) is 0.776. The molecular weight excluding hydrogens is 162 g/mol. The molecule has 0 spiro atoms. The van der Waals surface area contributed by atoms with Crippen LogP contribution in [0.15, 0.2) is 30.3 Å². The second-order valence-corrected chi connectivity index (χ2v) is 3.11. The summed E-state index contributed by atoms with van der Waals surface area (Å²) in [5, 5.41) is 7.57. The first kappa shape index (κ1) is 6.71. The minimum Gasteiger partial charge on any atom is -0.365 e. The van der Waals surface area contributed by atoms with Crippen molar-refractivity contribution < 1.29 is 0 Å². The Morgan fingerprint density at radius 3 is 3.08 bits per heavy atom. The van der Waals surface area contributed by atoms with E-state index < -0.39 is 0 Å². The summed E-state index contributed by atoms with van der Waals surface area (Å²) in [6.07, 6.45) is 0. The van der Waals surface area contributed by atoms with Crippen LogP contribution < -0.4 is 10.6 Å². The van der Waals surface area contributed by atoms with Crippen LogP contribution in [0.5, 0.6) is 0 Å². The molecule has 2 aromatic rings. The molecule has 0 aliphatic carbocycles. The third-order valence-corrected chi connectivity index (χ3v) is 2.26. The van der Waals surface area contributed by atoms with Gasteiger partial charge in [0.25, 0.3) is 0 Å². The van der Waals surface area contributed by atoms with E-state index in [0.717, 1.165) is 23.7 Å². The van der Waals surface area contributed by atoms with Crippen molar-refractivity contribution in [3.63, 3.8) is 0 Å². The van der Waals surface area contributed by atoms with Gasteiger partial charge in [-0.2, -0.15) is 0 Å². The van der Waals surface area contributed by atoms with Gasteiger partial charge in [-0.05, 0) is 12.1 Å². The Morgan fingerprint density at radius 2 is 2.08 bits per heavy atom. The Kier molecular flexibility index (Phi) is 1.22. The first-order chi connectivity index (χ1) is 6.43. The van der Waals surface area contributed by atoms with Gasteiger partial charge in [0.2, 0.25) is 0 Å². The number of hydrogen-bond donors (Lipinski definition) is 2. The number of nitrogens with one attached hydrogen (secondary N) is 2. The number of nitrogens with zero attached hydrogens (tertiary/aromatic N) is 1. The number of rotatable bonds is 0. The second-order valence-electron chi connectivity index (χ2n) is 3.11. The molecular formula is C10H9N3. The number of anilines is 2. The molecule has 0 saturated carbocycles. The molecule has 1 aliphatic heterocycles. The van der Waals surface area contributed by atoms with Crippen LogP contribution in [0.4, 0.5) is 11.5 Å². The SMILES string of the molecule is c1ccc2nc3c(cc2c1)NCN3. The fourth-order valence-electron chi connectivity index (χ4n) is 1.61. The van der Waals surface area contributed by atoms with Crippen LogP contribution in [0, 0.1) is 0 Å². The van der Waals surface area contributed by atoms with Crippen molar-refractivity contribution >= 4 is 22.4 Å². The summed E-state index contributed by atoms with van der Waals surface area (Å²) in [5.41, 5.74) is 2.14. The van der Waals surface area contributed by atoms with E-state index in [9.17, 15) is 0 Å². The van der Waals surface area contributed by atoms with Gasteiger partial charge in [0.1, 0.15) is 0 Å². The Balaban J connectivity index is 2.36. The van der Waals surface area contributed by atoms with Gasteiger partial charge in [-0.1, -0.05) is 18.2 Å². The lowest BCUT2D eigenvalue weighted by molar-refractivity contribution is 1.28. The normalized spacial score (nSPS) is 13.5. The molecule has 1 aromatic carbocycles. The van der Waals surface area contributed by atoms with Crippen LogP contribution in [0.2, 0.25) is 0 Å². The number of fused-ring (bicyclic) bond motifs is 2. The summed E-state index contributed by atoms with van der Waals surface area (Å²) in [5.74, 6) is 0.957. The van der Waals surface area contributed by atoms with E-state index in [-0.39, 0.29) is 0 Å². The summed E-state index contributed by atoms with van der Waals surface area (Å²) in [6, 6.07) is 10.2. The van der Waals surface area contributed by atoms with Gasteiger partial charge in [0.15, 0.2) is 5.82 Å². The molecule has 0 unspecified atom stereocenters. The average molecular weight is 171 g/mol. The second kappa shape index (κ2) is 2.36. The summed E-state index contributed by atoms with van der Waals surface area (Å²) in [4.78, 5) is 4.48. The van der Waals surface area contributed by atoms with Crippen LogP contribution in [0.1, 0.15) is 0 Å². The summed E-state index contributed by atoms with van der Waals surface area (Å²) >= 11 is 0. The van der Waals surface area contributed by atoms with E-state index in [2.05, 4.69) is 27.8 Å². The fourth-order valence-corrected chi connectivity index (χ4v) is 1.61. The highest BCUT2D eigenvalue weighted by molar-refractivity contribution is 5.87. The quantitative estimate of drug-likeness (QED) is 0.636. The van der Waals surface area contributed by atoms with Crippen molar-refractivity contribution in [2.75, 3.05) is 17.3 Å². The third-order valence-electron chi connectivity index (χ3n) is 2.26. The van der Waals surface area contributed by atoms with Gasteiger partial charge in [0, 0.05) is 5.39 Å². The molecule has 2 N–H and O–H groups in total. The Morgan fingerprint density at radius 1 is 1.15 bits per heavy atom. The lowest BCUT2D eigenvalue weighted by Crippen LogP contribution is -1.99. The molecule has 3 nitrogen and oxygen atoms in total. The third kappa shape index (κ3) is 0.935. The Hall–Kier alpha value is -1.77. The molecule has 1 aliphatic rings. The molecule has 64 valence electrons. The smallest absolute Gasteiger partial charge is 0.151 e. The van der Waals surface area contributed by atoms with E-state index in [4.69, 9.17) is 0 Å². The topological polar surface area (TPSA) is 37.0 Å². The number of benzene rings is 1. The maximum atomic E-state index is 4.48. The highest BCUT2D eigenvalue weighted by Crippen LogP contribution is 2.27. The van der Waals surface area contributed by atoms with Crippen molar-refractivity contribution in [3.05, 3.63) is 30.3 Å². The Labute approximate surface area is 75.8 Å². The zero-order chi connectivity index (χ0) is 8.67. The van der Waals surface area contributed by atoms with Gasteiger partial charge < -0.3 is 10.6 Å². The molecule has 3 rings (SSSR count). The monoisotopic (exact) mass is 171 g/mol. The lowest BCUT2D eigenvalue weighted by atomic mass is 10.2. The largest absolute Gasteiger partial charge is 0.365 e. The Bertz CT molecular complexity index is 422. The van der Waals surface area contributed by atoms with Crippen molar-refractivity contribution in [3.8, 4) is 0 Å². The number of para-hydroxylation sites is 1. The number of hydrogen-bond acceptors (Lipinski definition) is 3. The zero-order valence-electron chi connectivity index (χ0n) is 7.04.